The fourth-order valence-corrected chi connectivity index (χ4v) is 5.91. The number of aliphatic carboxylic acids is 1. The SMILES string of the molecule is Nc1ccc(N=Nc2c(S(=O)(=O)[O-])cc3c(c2N)C(=O)/C(=N\N=C2\C=CC(=O)C(C(=O)[O-])=C2)C(S(=O)(=O)[O-])=C3NNc2ccccc2)cc1.[Na+].[Na+].[Na+]. The molecule has 2 aliphatic carbocycles. The number of nitrogens with one attached hydrogen (secondary N) is 2. The number of carbonyl (C=O) groups excluding carboxylic acids is 3. The molecule has 0 spiro atoms. The van der Waals surface area contributed by atoms with Crippen LogP contribution in [0.25, 0.3) is 5.70 Å². The number of rotatable bonds is 9. The van der Waals surface area contributed by atoms with Crippen LogP contribution in [0.1, 0.15) is 15.9 Å². The monoisotopic (exact) mass is 772 g/mol. The maximum Gasteiger partial charge on any atom is 1.00 e. The molecule has 0 fully saturated rings. The molecule has 23 heteroatoms. The van der Waals surface area contributed by atoms with Gasteiger partial charge in [0.05, 0.1) is 44.9 Å². The van der Waals surface area contributed by atoms with Gasteiger partial charge >= 0.3 is 88.7 Å². The molecular weight excluding hydrogens is 753 g/mol. The first kappa shape index (κ1) is 44.8. The van der Waals surface area contributed by atoms with Crippen molar-refractivity contribution >= 4 is 83.3 Å². The van der Waals surface area contributed by atoms with Gasteiger partial charge in [0.15, 0.2) is 11.5 Å². The fraction of sp³-hybridized carbons (Fsp3) is 0. The Kier molecular flexibility index (Phi) is 15.6. The number of hydrogen-bond donors (Lipinski definition) is 4. The molecule has 0 saturated carbocycles. The van der Waals surface area contributed by atoms with E-state index in [0.717, 1.165) is 18.2 Å². The summed E-state index contributed by atoms with van der Waals surface area (Å²) in [5, 5.41) is 26.3. The van der Waals surface area contributed by atoms with Gasteiger partial charge in [-0.3, -0.25) is 15.0 Å². The second-order valence-corrected chi connectivity index (χ2v) is 12.6. The number of Topliss-reactive ketones (excluding diaryl/α,β-unsaturated/α-hetero) is 1. The molecule has 0 saturated heterocycles. The number of hydrazine groups is 1. The first-order valence-electron chi connectivity index (χ1n) is 13.4. The maximum absolute atomic E-state index is 14.0. The van der Waals surface area contributed by atoms with Crippen molar-refractivity contribution in [1.82, 2.24) is 5.43 Å². The fourth-order valence-electron chi connectivity index (χ4n) is 4.48. The number of nitrogens with two attached hydrogens (primary N) is 2. The number of nitrogens with zero attached hydrogens (tertiary/aromatic N) is 4. The van der Waals surface area contributed by atoms with Crippen LogP contribution in [0.5, 0.6) is 0 Å². The van der Waals surface area contributed by atoms with Crippen LogP contribution in [-0.2, 0) is 29.8 Å². The molecule has 0 aliphatic heterocycles. The zero-order valence-corrected chi connectivity index (χ0v) is 35.0. The molecule has 0 radical (unpaired) electrons. The van der Waals surface area contributed by atoms with E-state index in [1.165, 1.54) is 36.4 Å². The molecule has 0 bridgehead atoms. The third kappa shape index (κ3) is 9.99. The van der Waals surface area contributed by atoms with E-state index in [1.807, 2.05) is 0 Å². The summed E-state index contributed by atoms with van der Waals surface area (Å²) in [7, 11) is -11.2. The molecule has 18 nitrogen and oxygen atoms in total. The predicted octanol–water partition coefficient (Wildman–Crippen LogP) is -8.18. The van der Waals surface area contributed by atoms with Crippen LogP contribution in [-0.4, -0.2) is 54.9 Å². The van der Waals surface area contributed by atoms with Crippen LogP contribution in [0.15, 0.2) is 115 Å². The summed E-state index contributed by atoms with van der Waals surface area (Å²) in [6, 6.07) is 14.1. The number of carboxylic acids is 1. The van der Waals surface area contributed by atoms with Crippen molar-refractivity contribution in [2.75, 3.05) is 16.9 Å². The van der Waals surface area contributed by atoms with Gasteiger partial charge in [0.2, 0.25) is 5.78 Å². The number of hydrogen-bond acceptors (Lipinski definition) is 18. The van der Waals surface area contributed by atoms with Crippen molar-refractivity contribution in [1.29, 1.82) is 0 Å². The number of ketones is 2. The molecule has 250 valence electrons. The van der Waals surface area contributed by atoms with Crippen LogP contribution < -0.4 is 116 Å². The van der Waals surface area contributed by atoms with Crippen molar-refractivity contribution in [2.24, 2.45) is 20.4 Å². The van der Waals surface area contributed by atoms with Crippen molar-refractivity contribution in [3.63, 3.8) is 0 Å². The first-order chi connectivity index (χ1) is 23.1. The average molecular weight is 773 g/mol. The number of carbonyl (C=O) groups is 3. The standard InChI is InChI=1S/C29H22N8O10S2.3Na/c30-14-6-8-16(9-7-14)33-36-25-21(48(42,43)44)13-19-22(23(25)31)27(39)26(37-34-17-10-11-20(38)18(12-17)29(40)41)28(49(45,46)47)24(19)35-32-15-4-2-1-3-5-15;;;/h1-13,32,35H,30-31H2,(H,40,41)(H,42,43,44)(H,45,46,47);;;/q;3*+1/p-3/b34-17-,36-33?,37-26+;;;. The van der Waals surface area contributed by atoms with Gasteiger partial charge < -0.3 is 35.9 Å². The molecule has 0 aromatic heterocycles. The molecule has 52 heavy (non-hydrogen) atoms. The first-order valence-corrected chi connectivity index (χ1v) is 16.2. The van der Waals surface area contributed by atoms with E-state index >= 15 is 0 Å². The van der Waals surface area contributed by atoms with Gasteiger partial charge in [-0.15, -0.1) is 10.2 Å². The minimum atomic E-state index is -5.72. The van der Waals surface area contributed by atoms with Crippen LogP contribution in [0.2, 0.25) is 0 Å². The molecule has 2 aliphatic rings. The Labute approximate surface area is 361 Å². The largest absolute Gasteiger partial charge is 1.00 e. The Morgan fingerprint density at radius 2 is 1.42 bits per heavy atom. The Balaban J connectivity index is 0.00000312. The maximum atomic E-state index is 14.0. The summed E-state index contributed by atoms with van der Waals surface area (Å²) in [5.41, 5.74) is 11.7. The molecule has 6 N–H and O–H groups in total. The molecule has 3 aromatic carbocycles. The van der Waals surface area contributed by atoms with Gasteiger partial charge in [-0.05, 0) is 60.7 Å². The van der Waals surface area contributed by atoms with E-state index in [4.69, 9.17) is 11.5 Å². The molecule has 0 amide bonds. The molecule has 5 rings (SSSR count). The quantitative estimate of drug-likeness (QED) is 0.0299. The molecule has 0 heterocycles. The third-order valence-corrected chi connectivity index (χ3v) is 8.44. The Morgan fingerprint density at radius 3 is 2.00 bits per heavy atom. The van der Waals surface area contributed by atoms with E-state index in [2.05, 4.69) is 31.3 Å². The number of carboxylic acid groups (broad SMARTS) is 1. The minimum Gasteiger partial charge on any atom is -0.744 e. The summed E-state index contributed by atoms with van der Waals surface area (Å²) in [4.78, 5) is 34.7. The summed E-state index contributed by atoms with van der Waals surface area (Å²) in [6.07, 6.45) is 2.51. The smallest absolute Gasteiger partial charge is 0.744 e. The summed E-state index contributed by atoms with van der Waals surface area (Å²) in [6.45, 7) is 0. The van der Waals surface area contributed by atoms with E-state index in [-0.39, 0.29) is 106 Å². The normalized spacial score (nSPS) is 15.7. The van der Waals surface area contributed by atoms with E-state index in [1.54, 1.807) is 18.2 Å². The summed E-state index contributed by atoms with van der Waals surface area (Å²) < 4.78 is 75.6. The van der Waals surface area contributed by atoms with Crippen molar-refractivity contribution in [2.45, 2.75) is 4.90 Å². The number of allylic oxidation sites excluding steroid dienone is 4. The molecule has 3 aromatic rings. The van der Waals surface area contributed by atoms with Crippen molar-refractivity contribution in [3.05, 3.63) is 100 Å². The van der Waals surface area contributed by atoms with Gasteiger partial charge in [-0.2, -0.15) is 10.2 Å². The summed E-state index contributed by atoms with van der Waals surface area (Å²) in [5.74, 6) is -4.21. The summed E-state index contributed by atoms with van der Waals surface area (Å²) >= 11 is 0. The number of anilines is 3. The Bertz CT molecular complexity index is 2360. The van der Waals surface area contributed by atoms with Crippen LogP contribution in [0, 0.1) is 0 Å². The Hall–Kier alpha value is -3.35. The number of benzene rings is 3. The average Bonchev–Trinajstić information content (AvgIpc) is 3.03. The minimum absolute atomic E-state index is 0. The second-order valence-electron chi connectivity index (χ2n) is 9.93. The second kappa shape index (κ2) is 18.1. The number of azo groups is 1. The van der Waals surface area contributed by atoms with Gasteiger partial charge in [0, 0.05) is 16.8 Å². The van der Waals surface area contributed by atoms with E-state index < -0.39 is 87.1 Å². The topological polar surface area (TPSA) is 314 Å². The predicted molar refractivity (Wildman–Crippen MR) is 170 cm³/mol. The van der Waals surface area contributed by atoms with Gasteiger partial charge in [0.25, 0.3) is 0 Å². The zero-order chi connectivity index (χ0) is 35.7. The van der Waals surface area contributed by atoms with Crippen LogP contribution in [0.3, 0.4) is 0 Å². The zero-order valence-electron chi connectivity index (χ0n) is 27.3. The van der Waals surface area contributed by atoms with Gasteiger partial charge in [-0.25, -0.2) is 16.8 Å². The number of fused-ring (bicyclic) bond motifs is 1. The van der Waals surface area contributed by atoms with E-state index in [0.29, 0.717) is 11.8 Å². The van der Waals surface area contributed by atoms with Crippen LogP contribution in [0.4, 0.5) is 28.4 Å². The van der Waals surface area contributed by atoms with Crippen LogP contribution >= 0.6 is 0 Å². The molecular formula is C29H19N8Na3O10S2. The Morgan fingerprint density at radius 1 is 0.788 bits per heavy atom. The third-order valence-electron chi connectivity index (χ3n) is 6.69. The number of para-hydroxylation sites is 1. The van der Waals surface area contributed by atoms with E-state index in [9.17, 15) is 45.4 Å². The van der Waals surface area contributed by atoms with Crippen molar-refractivity contribution in [3.8, 4) is 0 Å². The van der Waals surface area contributed by atoms with Gasteiger partial charge in [0.1, 0.15) is 30.8 Å². The van der Waals surface area contributed by atoms with Crippen molar-refractivity contribution < 1.29 is 134 Å². The van der Waals surface area contributed by atoms with Gasteiger partial charge in [-0.1, -0.05) is 18.2 Å². The molecule has 0 atom stereocenters. The molecule has 0 unspecified atom stereocenters. The number of nitrogen functional groups attached to an aromatic ring is 2.